The number of nitrogens with zero attached hydrogens (tertiary/aromatic N) is 1. The van der Waals surface area contributed by atoms with Crippen LogP contribution < -0.4 is 10.1 Å². The van der Waals surface area contributed by atoms with E-state index in [-0.39, 0.29) is 11.5 Å². The molecule has 1 N–H and O–H groups in total. The normalized spacial score (nSPS) is 11.0. The highest BCUT2D eigenvalue weighted by atomic mass is 16.5. The van der Waals surface area contributed by atoms with Gasteiger partial charge in [0.1, 0.15) is 17.4 Å². The van der Waals surface area contributed by atoms with Gasteiger partial charge in [-0.05, 0) is 29.7 Å². The molecule has 2 aromatic rings. The molecule has 0 aliphatic rings. The van der Waals surface area contributed by atoms with Crippen molar-refractivity contribution in [2.24, 2.45) is 0 Å². The summed E-state index contributed by atoms with van der Waals surface area (Å²) in [6.07, 6.45) is 1.53. The van der Waals surface area contributed by atoms with Crippen molar-refractivity contribution in [3.63, 3.8) is 0 Å². The van der Waals surface area contributed by atoms with E-state index in [2.05, 4.69) is 19.2 Å². The Morgan fingerprint density at radius 2 is 1.83 bits per heavy atom. The standard InChI is InChI=1S/C20H20N2O2/c1-14(2)17-9-5-6-10-18(17)22-20(23)16(13-21)12-15-8-4-7-11-19(15)24-3/h4-12,14H,1-3H3,(H,22,23)/b16-12+. The molecule has 0 atom stereocenters. The second-order valence-corrected chi connectivity index (χ2v) is 5.61. The van der Waals surface area contributed by atoms with Crippen LogP contribution in [0.2, 0.25) is 0 Å². The Labute approximate surface area is 142 Å². The van der Waals surface area contributed by atoms with E-state index in [9.17, 15) is 10.1 Å². The molecule has 0 aliphatic carbocycles. The van der Waals surface area contributed by atoms with Crippen molar-refractivity contribution < 1.29 is 9.53 Å². The van der Waals surface area contributed by atoms with Gasteiger partial charge in [0, 0.05) is 11.3 Å². The zero-order valence-corrected chi connectivity index (χ0v) is 14.0. The third-order valence-electron chi connectivity index (χ3n) is 3.63. The van der Waals surface area contributed by atoms with Crippen molar-refractivity contribution in [2.75, 3.05) is 12.4 Å². The topological polar surface area (TPSA) is 62.1 Å². The Morgan fingerprint density at radius 1 is 1.17 bits per heavy atom. The van der Waals surface area contributed by atoms with Crippen molar-refractivity contribution in [2.45, 2.75) is 19.8 Å². The van der Waals surface area contributed by atoms with E-state index >= 15 is 0 Å². The summed E-state index contributed by atoms with van der Waals surface area (Å²) < 4.78 is 5.25. The average molecular weight is 320 g/mol. The molecular formula is C20H20N2O2. The number of carbonyl (C=O) groups excluding carboxylic acids is 1. The first kappa shape index (κ1) is 17.3. The minimum Gasteiger partial charge on any atom is -0.496 e. The van der Waals surface area contributed by atoms with Gasteiger partial charge in [-0.25, -0.2) is 0 Å². The van der Waals surface area contributed by atoms with Crippen LogP contribution in [0.5, 0.6) is 5.75 Å². The zero-order valence-electron chi connectivity index (χ0n) is 14.0. The fourth-order valence-corrected chi connectivity index (χ4v) is 2.39. The summed E-state index contributed by atoms with van der Waals surface area (Å²) in [6.45, 7) is 4.11. The van der Waals surface area contributed by atoms with Crippen molar-refractivity contribution in [3.05, 3.63) is 65.2 Å². The molecule has 0 fully saturated rings. The van der Waals surface area contributed by atoms with Gasteiger partial charge in [0.2, 0.25) is 0 Å². The van der Waals surface area contributed by atoms with Crippen LogP contribution in [-0.4, -0.2) is 13.0 Å². The minimum absolute atomic E-state index is 0.0260. The molecule has 0 saturated carbocycles. The van der Waals surface area contributed by atoms with Gasteiger partial charge < -0.3 is 10.1 Å². The first-order valence-electron chi connectivity index (χ1n) is 7.72. The molecule has 0 heterocycles. The summed E-state index contributed by atoms with van der Waals surface area (Å²) in [7, 11) is 1.55. The van der Waals surface area contributed by atoms with Crippen LogP contribution in [0, 0.1) is 11.3 Å². The second kappa shape index (κ2) is 7.98. The second-order valence-electron chi connectivity index (χ2n) is 5.61. The van der Waals surface area contributed by atoms with Gasteiger partial charge in [-0.2, -0.15) is 5.26 Å². The highest BCUT2D eigenvalue weighted by molar-refractivity contribution is 6.10. The lowest BCUT2D eigenvalue weighted by molar-refractivity contribution is -0.112. The molecule has 2 rings (SSSR count). The lowest BCUT2D eigenvalue weighted by atomic mass is 10.0. The number of hydrogen-bond donors (Lipinski definition) is 1. The lowest BCUT2D eigenvalue weighted by Crippen LogP contribution is -2.15. The van der Waals surface area contributed by atoms with Crippen molar-refractivity contribution in [1.29, 1.82) is 5.26 Å². The van der Waals surface area contributed by atoms with Gasteiger partial charge in [-0.1, -0.05) is 50.2 Å². The molecule has 0 bridgehead atoms. The Bertz CT molecular complexity index is 801. The molecule has 2 aromatic carbocycles. The highest BCUT2D eigenvalue weighted by Gasteiger charge is 2.13. The number of benzene rings is 2. The molecule has 122 valence electrons. The van der Waals surface area contributed by atoms with Crippen LogP contribution >= 0.6 is 0 Å². The summed E-state index contributed by atoms with van der Waals surface area (Å²) in [6, 6.07) is 16.8. The highest BCUT2D eigenvalue weighted by Crippen LogP contribution is 2.25. The molecule has 4 nitrogen and oxygen atoms in total. The minimum atomic E-state index is -0.434. The number of nitriles is 1. The van der Waals surface area contributed by atoms with E-state index in [0.29, 0.717) is 11.3 Å². The predicted octanol–water partition coefficient (Wildman–Crippen LogP) is 4.36. The number of methoxy groups -OCH3 is 1. The number of amides is 1. The number of nitrogens with one attached hydrogen (secondary N) is 1. The number of anilines is 1. The van der Waals surface area contributed by atoms with Crippen LogP contribution in [0.3, 0.4) is 0 Å². The van der Waals surface area contributed by atoms with Crippen LogP contribution in [0.25, 0.3) is 6.08 Å². The van der Waals surface area contributed by atoms with E-state index in [1.807, 2.05) is 42.5 Å². The molecular weight excluding hydrogens is 300 g/mol. The van der Waals surface area contributed by atoms with Gasteiger partial charge in [0.05, 0.1) is 7.11 Å². The zero-order chi connectivity index (χ0) is 17.5. The maximum atomic E-state index is 12.5. The fraction of sp³-hybridized carbons (Fsp3) is 0.200. The molecule has 0 aliphatic heterocycles. The van der Waals surface area contributed by atoms with Gasteiger partial charge in [-0.3, -0.25) is 4.79 Å². The number of ether oxygens (including phenoxy) is 1. The molecule has 0 saturated heterocycles. The smallest absolute Gasteiger partial charge is 0.266 e. The summed E-state index contributed by atoms with van der Waals surface area (Å²) >= 11 is 0. The Morgan fingerprint density at radius 3 is 2.50 bits per heavy atom. The van der Waals surface area contributed by atoms with E-state index in [1.54, 1.807) is 19.2 Å². The summed E-state index contributed by atoms with van der Waals surface area (Å²) in [5.74, 6) is 0.447. The molecule has 0 unspecified atom stereocenters. The molecule has 0 radical (unpaired) electrons. The van der Waals surface area contributed by atoms with Crippen molar-refractivity contribution in [1.82, 2.24) is 0 Å². The van der Waals surface area contributed by atoms with Gasteiger partial charge in [0.25, 0.3) is 5.91 Å². The molecule has 0 aromatic heterocycles. The van der Waals surface area contributed by atoms with Gasteiger partial charge in [-0.15, -0.1) is 0 Å². The monoisotopic (exact) mass is 320 g/mol. The van der Waals surface area contributed by atoms with Crippen molar-refractivity contribution >= 4 is 17.7 Å². The number of para-hydroxylation sites is 2. The van der Waals surface area contributed by atoms with E-state index in [0.717, 1.165) is 11.3 Å². The first-order chi connectivity index (χ1) is 11.6. The van der Waals surface area contributed by atoms with Gasteiger partial charge >= 0.3 is 0 Å². The molecule has 24 heavy (non-hydrogen) atoms. The quantitative estimate of drug-likeness (QED) is 0.657. The lowest BCUT2D eigenvalue weighted by Gasteiger charge is -2.13. The first-order valence-corrected chi connectivity index (χ1v) is 7.72. The van der Waals surface area contributed by atoms with Crippen LogP contribution in [-0.2, 0) is 4.79 Å². The maximum Gasteiger partial charge on any atom is 0.266 e. The average Bonchev–Trinajstić information content (AvgIpc) is 2.60. The molecule has 4 heteroatoms. The molecule has 0 spiro atoms. The largest absolute Gasteiger partial charge is 0.496 e. The van der Waals surface area contributed by atoms with Gasteiger partial charge in [0.15, 0.2) is 0 Å². The summed E-state index contributed by atoms with van der Waals surface area (Å²) in [4.78, 5) is 12.5. The van der Waals surface area contributed by atoms with Crippen LogP contribution in [0.4, 0.5) is 5.69 Å². The summed E-state index contributed by atoms with van der Waals surface area (Å²) in [5, 5.41) is 12.2. The number of carbonyl (C=O) groups is 1. The van der Waals surface area contributed by atoms with Crippen LogP contribution in [0.15, 0.2) is 54.1 Å². The third-order valence-corrected chi connectivity index (χ3v) is 3.63. The van der Waals surface area contributed by atoms with Crippen LogP contribution in [0.1, 0.15) is 30.9 Å². The Kier molecular flexibility index (Phi) is 5.75. The maximum absolute atomic E-state index is 12.5. The summed E-state index contributed by atoms with van der Waals surface area (Å²) in [5.41, 5.74) is 2.46. The SMILES string of the molecule is COc1ccccc1/C=C(\C#N)C(=O)Nc1ccccc1C(C)C. The Hall–Kier alpha value is -3.06. The number of hydrogen-bond acceptors (Lipinski definition) is 3. The fourth-order valence-electron chi connectivity index (χ4n) is 2.39. The number of rotatable bonds is 5. The van der Waals surface area contributed by atoms with E-state index in [1.165, 1.54) is 6.08 Å². The Balaban J connectivity index is 2.31. The van der Waals surface area contributed by atoms with Crippen molar-refractivity contribution in [3.8, 4) is 11.8 Å². The third kappa shape index (κ3) is 4.02. The van der Waals surface area contributed by atoms with E-state index < -0.39 is 5.91 Å². The predicted molar refractivity (Wildman–Crippen MR) is 95.7 cm³/mol. The molecule has 1 amide bonds. The van der Waals surface area contributed by atoms with E-state index in [4.69, 9.17) is 4.74 Å².